The predicted molar refractivity (Wildman–Crippen MR) is 126 cm³/mol. The van der Waals surface area contributed by atoms with E-state index >= 15 is 0 Å². The second kappa shape index (κ2) is 9.99. The van der Waals surface area contributed by atoms with Gasteiger partial charge in [-0.1, -0.05) is 61.7 Å². The Labute approximate surface area is 187 Å². The van der Waals surface area contributed by atoms with Gasteiger partial charge in [0.15, 0.2) is 0 Å². The summed E-state index contributed by atoms with van der Waals surface area (Å²) in [6, 6.07) is 19.5. The van der Waals surface area contributed by atoms with E-state index in [4.69, 9.17) is 4.74 Å². The molecule has 2 aliphatic carbocycles. The Balaban J connectivity index is 1.57. The van der Waals surface area contributed by atoms with Crippen LogP contribution in [0.4, 0.5) is 0 Å². The molecule has 4 rings (SSSR count). The summed E-state index contributed by atoms with van der Waals surface area (Å²) >= 11 is 0. The highest BCUT2D eigenvalue weighted by Crippen LogP contribution is 2.44. The highest BCUT2D eigenvalue weighted by atomic mass is 16.5. The lowest BCUT2D eigenvalue weighted by molar-refractivity contribution is -0.124. The molecule has 2 aromatic rings. The zero-order chi connectivity index (χ0) is 21.7. The first kappa shape index (κ1) is 22.1. The Bertz CT molecular complexity index is 846. The van der Waals surface area contributed by atoms with E-state index in [1.807, 2.05) is 18.2 Å². The van der Waals surface area contributed by atoms with Gasteiger partial charge in [0.2, 0.25) is 0 Å². The van der Waals surface area contributed by atoms with Crippen LogP contribution in [0.25, 0.3) is 0 Å². The fourth-order valence-electron chi connectivity index (χ4n) is 5.73. The summed E-state index contributed by atoms with van der Waals surface area (Å²) in [4.78, 5) is 14.8. The van der Waals surface area contributed by atoms with Crippen LogP contribution >= 0.6 is 0 Å². The maximum Gasteiger partial charge on any atom is 0.133 e. The topological polar surface area (TPSA) is 29.5 Å². The Morgan fingerprint density at radius 1 is 1.00 bits per heavy atom. The van der Waals surface area contributed by atoms with E-state index in [1.54, 1.807) is 0 Å². The van der Waals surface area contributed by atoms with E-state index in [0.717, 1.165) is 24.5 Å². The van der Waals surface area contributed by atoms with Crippen molar-refractivity contribution >= 4 is 5.78 Å². The molecule has 2 saturated carbocycles. The molecular weight excluding hydrogens is 382 g/mol. The SMILES string of the molecule is CC(C1CCCCC1)N(C)C1(c2cccc(OCc3ccccc3)c2)CCC(=O)CC1. The normalized spacial score (nSPS) is 20.5. The molecule has 0 bridgehead atoms. The molecule has 31 heavy (non-hydrogen) atoms. The molecule has 3 heteroatoms. The van der Waals surface area contributed by atoms with Crippen molar-refractivity contribution in [3.63, 3.8) is 0 Å². The molecule has 2 fully saturated rings. The van der Waals surface area contributed by atoms with Crippen molar-refractivity contribution in [2.45, 2.75) is 82.9 Å². The minimum atomic E-state index is -0.0864. The summed E-state index contributed by atoms with van der Waals surface area (Å²) in [6.07, 6.45) is 9.93. The summed E-state index contributed by atoms with van der Waals surface area (Å²) in [5.41, 5.74) is 2.39. The Morgan fingerprint density at radius 3 is 2.42 bits per heavy atom. The third-order valence-corrected chi connectivity index (χ3v) is 7.87. The van der Waals surface area contributed by atoms with E-state index in [9.17, 15) is 4.79 Å². The molecule has 0 aromatic heterocycles. The first-order valence-electron chi connectivity index (χ1n) is 12.1. The molecule has 0 saturated heterocycles. The number of Topliss-reactive ketones (excluding diaryl/α,β-unsaturated/α-hetero) is 1. The van der Waals surface area contributed by atoms with Crippen molar-refractivity contribution in [1.82, 2.24) is 4.90 Å². The number of benzene rings is 2. The molecule has 1 unspecified atom stereocenters. The fourth-order valence-corrected chi connectivity index (χ4v) is 5.73. The van der Waals surface area contributed by atoms with Crippen molar-refractivity contribution in [3.05, 3.63) is 65.7 Å². The number of ketones is 1. The molecule has 166 valence electrons. The van der Waals surface area contributed by atoms with Crippen LogP contribution in [0.1, 0.15) is 75.8 Å². The van der Waals surface area contributed by atoms with Crippen molar-refractivity contribution in [1.29, 1.82) is 0 Å². The van der Waals surface area contributed by atoms with Crippen molar-refractivity contribution in [3.8, 4) is 5.75 Å². The van der Waals surface area contributed by atoms with E-state index in [2.05, 4.69) is 55.3 Å². The minimum Gasteiger partial charge on any atom is -0.489 e. The molecule has 2 aromatic carbocycles. The number of hydrogen-bond acceptors (Lipinski definition) is 3. The largest absolute Gasteiger partial charge is 0.489 e. The van der Waals surface area contributed by atoms with Crippen LogP contribution in [0.3, 0.4) is 0 Å². The number of nitrogens with zero attached hydrogens (tertiary/aromatic N) is 1. The molecule has 0 N–H and O–H groups in total. The fraction of sp³-hybridized carbons (Fsp3) is 0.536. The van der Waals surface area contributed by atoms with Gasteiger partial charge in [0.1, 0.15) is 18.1 Å². The van der Waals surface area contributed by atoms with E-state index in [-0.39, 0.29) is 5.54 Å². The van der Waals surface area contributed by atoms with Crippen molar-refractivity contribution in [2.24, 2.45) is 5.92 Å². The predicted octanol–water partition coefficient (Wildman–Crippen LogP) is 6.50. The Morgan fingerprint density at radius 2 is 1.71 bits per heavy atom. The first-order chi connectivity index (χ1) is 15.1. The summed E-state index contributed by atoms with van der Waals surface area (Å²) in [5.74, 6) is 2.08. The molecular formula is C28H37NO2. The van der Waals surface area contributed by atoms with Gasteiger partial charge in [0.05, 0.1) is 0 Å². The molecule has 0 spiro atoms. The maximum absolute atomic E-state index is 12.2. The quantitative estimate of drug-likeness (QED) is 0.513. The van der Waals surface area contributed by atoms with Crippen LogP contribution in [0.2, 0.25) is 0 Å². The van der Waals surface area contributed by atoms with Crippen LogP contribution in [-0.2, 0) is 16.9 Å². The second-order valence-electron chi connectivity index (χ2n) is 9.62. The summed E-state index contributed by atoms with van der Waals surface area (Å²) in [6.45, 7) is 2.98. The summed E-state index contributed by atoms with van der Waals surface area (Å²) < 4.78 is 6.16. The third kappa shape index (κ3) is 5.03. The van der Waals surface area contributed by atoms with Crippen LogP contribution in [0.5, 0.6) is 5.75 Å². The Kier molecular flexibility index (Phi) is 7.12. The van der Waals surface area contributed by atoms with E-state index < -0.39 is 0 Å². The molecule has 0 aliphatic heterocycles. The number of carbonyl (C=O) groups is 1. The molecule has 0 amide bonds. The van der Waals surface area contributed by atoms with E-state index in [0.29, 0.717) is 31.3 Å². The molecule has 3 nitrogen and oxygen atoms in total. The van der Waals surface area contributed by atoms with Crippen LogP contribution in [0, 0.1) is 5.92 Å². The lowest BCUT2D eigenvalue weighted by atomic mass is 9.73. The number of ether oxygens (including phenoxy) is 1. The maximum atomic E-state index is 12.2. The monoisotopic (exact) mass is 419 g/mol. The van der Waals surface area contributed by atoms with Crippen molar-refractivity contribution < 1.29 is 9.53 Å². The molecule has 0 heterocycles. The van der Waals surface area contributed by atoms with Gasteiger partial charge in [0, 0.05) is 24.4 Å². The standard InChI is InChI=1S/C28H37NO2/c1-22(24-12-7-4-8-13-24)29(2)28(18-16-26(30)17-19-28)25-14-9-15-27(20-25)31-21-23-10-5-3-6-11-23/h3,5-6,9-11,14-15,20,22,24H,4,7-8,12-13,16-19,21H2,1-2H3. The smallest absolute Gasteiger partial charge is 0.133 e. The minimum absolute atomic E-state index is 0.0864. The van der Waals surface area contributed by atoms with Gasteiger partial charge >= 0.3 is 0 Å². The van der Waals surface area contributed by atoms with Gasteiger partial charge < -0.3 is 4.74 Å². The average Bonchev–Trinajstić information content (AvgIpc) is 2.84. The lowest BCUT2D eigenvalue weighted by Crippen LogP contribution is -2.52. The zero-order valence-corrected chi connectivity index (χ0v) is 19.2. The Hall–Kier alpha value is -2.13. The van der Waals surface area contributed by atoms with Gasteiger partial charge in [-0.25, -0.2) is 0 Å². The third-order valence-electron chi connectivity index (χ3n) is 7.87. The number of hydrogen-bond donors (Lipinski definition) is 0. The molecule has 2 aliphatic rings. The second-order valence-corrected chi connectivity index (χ2v) is 9.62. The van der Waals surface area contributed by atoms with Crippen LogP contribution in [-0.4, -0.2) is 23.8 Å². The first-order valence-corrected chi connectivity index (χ1v) is 12.1. The van der Waals surface area contributed by atoms with Crippen LogP contribution in [0.15, 0.2) is 54.6 Å². The summed E-state index contributed by atoms with van der Waals surface area (Å²) in [5, 5.41) is 0. The molecule has 1 atom stereocenters. The van der Waals surface area contributed by atoms with Crippen molar-refractivity contribution in [2.75, 3.05) is 7.05 Å². The summed E-state index contributed by atoms with van der Waals surface area (Å²) in [7, 11) is 2.30. The van der Waals surface area contributed by atoms with Gasteiger partial charge in [-0.2, -0.15) is 0 Å². The highest BCUT2D eigenvalue weighted by molar-refractivity contribution is 5.79. The average molecular weight is 420 g/mol. The van der Waals surface area contributed by atoms with Gasteiger partial charge in [0.25, 0.3) is 0 Å². The highest BCUT2D eigenvalue weighted by Gasteiger charge is 2.43. The van der Waals surface area contributed by atoms with Gasteiger partial charge in [-0.15, -0.1) is 0 Å². The zero-order valence-electron chi connectivity index (χ0n) is 19.2. The van der Waals surface area contributed by atoms with Crippen LogP contribution < -0.4 is 4.74 Å². The van der Waals surface area contributed by atoms with E-state index in [1.165, 1.54) is 43.2 Å². The number of carbonyl (C=O) groups excluding carboxylic acids is 1. The van der Waals surface area contributed by atoms with Gasteiger partial charge in [-0.3, -0.25) is 9.69 Å². The number of rotatable bonds is 7. The lowest BCUT2D eigenvalue weighted by Gasteiger charge is -2.50. The van der Waals surface area contributed by atoms with Gasteiger partial charge in [-0.05, 0) is 68.8 Å². The molecule has 0 radical (unpaired) electrons.